The van der Waals surface area contributed by atoms with Gasteiger partial charge in [0.05, 0.1) is 12.2 Å². The van der Waals surface area contributed by atoms with Gasteiger partial charge < -0.3 is 10.1 Å². The number of anilines is 1. The van der Waals surface area contributed by atoms with Crippen LogP contribution in [0.4, 0.5) is 10.1 Å². The van der Waals surface area contributed by atoms with Crippen LogP contribution < -0.4 is 15.5 Å². The molecule has 0 aliphatic heterocycles. The van der Waals surface area contributed by atoms with Gasteiger partial charge in [-0.05, 0) is 60.7 Å². The van der Waals surface area contributed by atoms with Crippen LogP contribution in [0.2, 0.25) is 0 Å². The molecule has 1 aromatic heterocycles. The Morgan fingerprint density at radius 1 is 1.14 bits per heavy atom. The maximum absolute atomic E-state index is 13.1. The lowest BCUT2D eigenvalue weighted by molar-refractivity contribution is -0.124. The minimum absolute atomic E-state index is 0.360. The molecule has 28 heavy (non-hydrogen) atoms. The van der Waals surface area contributed by atoms with Crippen molar-refractivity contribution < 1.29 is 19.1 Å². The van der Waals surface area contributed by atoms with Crippen molar-refractivity contribution in [2.75, 3.05) is 5.32 Å². The molecule has 0 radical (unpaired) electrons. The molecule has 0 saturated heterocycles. The van der Waals surface area contributed by atoms with Crippen LogP contribution in [0.3, 0.4) is 0 Å². The van der Waals surface area contributed by atoms with Gasteiger partial charge in [0.2, 0.25) is 0 Å². The monoisotopic (exact) mass is 379 g/mol. The number of rotatable bonds is 7. The number of halogens is 1. The summed E-state index contributed by atoms with van der Waals surface area (Å²) in [7, 11) is 0. The minimum Gasteiger partial charge on any atom is -0.457 e. The van der Waals surface area contributed by atoms with E-state index in [1.165, 1.54) is 41.9 Å². The second kappa shape index (κ2) is 9.29. The molecule has 7 heteroatoms. The van der Waals surface area contributed by atoms with Crippen LogP contribution in [0.1, 0.15) is 11.3 Å². The standard InChI is InChI=1S/C21H18FN3O3/c22-16-5-8-19(9-6-16)28-20-10-7-17(13-15(20)4-11-21(26)25-27)24-14-18-3-1-2-12-23-18/h1-13,24,27H,14H2,(H,25,26). The molecule has 0 spiro atoms. The smallest absolute Gasteiger partial charge is 0.267 e. The lowest BCUT2D eigenvalue weighted by atomic mass is 10.1. The Morgan fingerprint density at radius 3 is 2.68 bits per heavy atom. The summed E-state index contributed by atoms with van der Waals surface area (Å²) in [5.74, 6) is -0.102. The van der Waals surface area contributed by atoms with Crippen molar-refractivity contribution in [1.82, 2.24) is 10.5 Å². The summed E-state index contributed by atoms with van der Waals surface area (Å²) in [6, 6.07) is 16.6. The first-order chi connectivity index (χ1) is 13.6. The van der Waals surface area contributed by atoms with Crippen molar-refractivity contribution in [3.8, 4) is 11.5 Å². The fourth-order valence-electron chi connectivity index (χ4n) is 2.41. The quantitative estimate of drug-likeness (QED) is 0.326. The molecule has 6 nitrogen and oxygen atoms in total. The van der Waals surface area contributed by atoms with Crippen LogP contribution in [0.15, 0.2) is 72.9 Å². The van der Waals surface area contributed by atoms with E-state index >= 15 is 0 Å². The molecule has 0 fully saturated rings. The maximum atomic E-state index is 13.1. The van der Waals surface area contributed by atoms with Crippen LogP contribution in [-0.4, -0.2) is 16.1 Å². The number of hydrogen-bond acceptors (Lipinski definition) is 5. The van der Waals surface area contributed by atoms with Gasteiger partial charge in [-0.25, -0.2) is 9.87 Å². The fraction of sp³-hybridized carbons (Fsp3) is 0.0476. The Kier molecular flexibility index (Phi) is 6.33. The number of nitrogens with zero attached hydrogens (tertiary/aromatic N) is 1. The van der Waals surface area contributed by atoms with Crippen molar-refractivity contribution >= 4 is 17.7 Å². The zero-order valence-corrected chi connectivity index (χ0v) is 14.8. The number of hydroxylamine groups is 1. The predicted molar refractivity (Wildman–Crippen MR) is 103 cm³/mol. The van der Waals surface area contributed by atoms with Crippen LogP contribution in [0, 0.1) is 5.82 Å². The van der Waals surface area contributed by atoms with E-state index in [1.54, 1.807) is 18.3 Å². The fourth-order valence-corrected chi connectivity index (χ4v) is 2.41. The second-order valence-corrected chi connectivity index (χ2v) is 5.79. The highest BCUT2D eigenvalue weighted by molar-refractivity contribution is 5.91. The van der Waals surface area contributed by atoms with E-state index in [2.05, 4.69) is 10.3 Å². The first-order valence-electron chi connectivity index (χ1n) is 8.47. The van der Waals surface area contributed by atoms with Gasteiger partial charge in [-0.2, -0.15) is 0 Å². The summed E-state index contributed by atoms with van der Waals surface area (Å²) in [6.45, 7) is 0.527. The summed E-state index contributed by atoms with van der Waals surface area (Å²) in [5.41, 5.74) is 3.81. The van der Waals surface area contributed by atoms with E-state index < -0.39 is 5.91 Å². The van der Waals surface area contributed by atoms with E-state index in [0.29, 0.717) is 23.6 Å². The number of aromatic nitrogens is 1. The number of nitrogens with one attached hydrogen (secondary N) is 2. The zero-order chi connectivity index (χ0) is 19.8. The normalized spacial score (nSPS) is 10.6. The highest BCUT2D eigenvalue weighted by Crippen LogP contribution is 2.29. The Labute approximate surface area is 161 Å². The van der Waals surface area contributed by atoms with E-state index in [1.807, 2.05) is 24.3 Å². The third-order valence-electron chi connectivity index (χ3n) is 3.78. The van der Waals surface area contributed by atoms with Gasteiger partial charge in [0.1, 0.15) is 17.3 Å². The third-order valence-corrected chi connectivity index (χ3v) is 3.78. The summed E-state index contributed by atoms with van der Waals surface area (Å²) >= 11 is 0. The second-order valence-electron chi connectivity index (χ2n) is 5.79. The predicted octanol–water partition coefficient (Wildman–Crippen LogP) is 4.14. The van der Waals surface area contributed by atoms with Crippen molar-refractivity contribution in [2.24, 2.45) is 0 Å². The number of ether oxygens (including phenoxy) is 1. The molecule has 3 aromatic rings. The van der Waals surface area contributed by atoms with E-state index in [9.17, 15) is 9.18 Å². The molecule has 0 unspecified atom stereocenters. The summed E-state index contributed by atoms with van der Waals surface area (Å²) in [6.07, 6.45) is 4.41. The highest BCUT2D eigenvalue weighted by atomic mass is 19.1. The molecule has 0 saturated carbocycles. The number of pyridine rings is 1. The third kappa shape index (κ3) is 5.39. The molecule has 3 N–H and O–H groups in total. The van der Waals surface area contributed by atoms with Gasteiger partial charge >= 0.3 is 0 Å². The molecule has 2 aromatic carbocycles. The Hall–Kier alpha value is -3.71. The number of amides is 1. The summed E-state index contributed by atoms with van der Waals surface area (Å²) < 4.78 is 18.9. The van der Waals surface area contributed by atoms with Gasteiger partial charge in [-0.15, -0.1) is 0 Å². The molecule has 1 amide bonds. The molecule has 142 valence electrons. The van der Waals surface area contributed by atoms with Crippen LogP contribution >= 0.6 is 0 Å². The van der Waals surface area contributed by atoms with Gasteiger partial charge in [0.15, 0.2) is 0 Å². The molecular formula is C21H18FN3O3. The van der Waals surface area contributed by atoms with Crippen molar-refractivity contribution in [3.05, 3.63) is 90.0 Å². The highest BCUT2D eigenvalue weighted by Gasteiger charge is 2.06. The number of benzene rings is 2. The molecule has 0 bridgehead atoms. The van der Waals surface area contributed by atoms with Gasteiger partial charge in [0, 0.05) is 23.5 Å². The minimum atomic E-state index is -0.667. The molecule has 3 rings (SSSR count). The van der Waals surface area contributed by atoms with E-state index in [4.69, 9.17) is 9.94 Å². The average Bonchev–Trinajstić information content (AvgIpc) is 2.74. The zero-order valence-electron chi connectivity index (χ0n) is 14.8. The molecule has 0 aliphatic carbocycles. The summed E-state index contributed by atoms with van der Waals surface area (Å²) in [4.78, 5) is 15.6. The summed E-state index contributed by atoms with van der Waals surface area (Å²) in [5, 5.41) is 11.9. The molecule has 1 heterocycles. The van der Waals surface area contributed by atoms with Crippen molar-refractivity contribution in [1.29, 1.82) is 0 Å². The van der Waals surface area contributed by atoms with Crippen molar-refractivity contribution in [2.45, 2.75) is 6.54 Å². The SMILES string of the molecule is O=C(C=Cc1cc(NCc2ccccn2)ccc1Oc1ccc(F)cc1)NO. The lowest BCUT2D eigenvalue weighted by Gasteiger charge is -2.12. The molecule has 0 atom stereocenters. The maximum Gasteiger partial charge on any atom is 0.267 e. The van der Waals surface area contributed by atoms with Crippen LogP contribution in [-0.2, 0) is 11.3 Å². The van der Waals surface area contributed by atoms with Gasteiger partial charge in [-0.3, -0.25) is 15.0 Å². The van der Waals surface area contributed by atoms with E-state index in [0.717, 1.165) is 11.4 Å². The van der Waals surface area contributed by atoms with Gasteiger partial charge in [0.25, 0.3) is 5.91 Å². The number of carbonyl (C=O) groups is 1. The lowest BCUT2D eigenvalue weighted by Crippen LogP contribution is -2.14. The average molecular weight is 379 g/mol. The number of carbonyl (C=O) groups excluding carboxylic acids is 1. The molecular weight excluding hydrogens is 361 g/mol. The van der Waals surface area contributed by atoms with Crippen molar-refractivity contribution in [3.63, 3.8) is 0 Å². The van der Waals surface area contributed by atoms with Crippen LogP contribution in [0.25, 0.3) is 6.08 Å². The van der Waals surface area contributed by atoms with Crippen LogP contribution in [0.5, 0.6) is 11.5 Å². The largest absolute Gasteiger partial charge is 0.457 e. The van der Waals surface area contributed by atoms with Gasteiger partial charge in [-0.1, -0.05) is 6.07 Å². The Morgan fingerprint density at radius 2 is 1.96 bits per heavy atom. The Balaban J connectivity index is 1.82. The topological polar surface area (TPSA) is 83.5 Å². The first-order valence-corrected chi connectivity index (χ1v) is 8.47. The number of hydrogen-bond donors (Lipinski definition) is 3. The molecule has 0 aliphatic rings. The Bertz CT molecular complexity index is 960. The van der Waals surface area contributed by atoms with E-state index in [-0.39, 0.29) is 5.82 Å². The first kappa shape index (κ1) is 19.1.